The molecule has 0 aliphatic carbocycles. The minimum absolute atomic E-state index is 0.0737. The summed E-state index contributed by atoms with van der Waals surface area (Å²) in [6.45, 7) is 2.72. The third kappa shape index (κ3) is 2.87. The minimum Gasteiger partial charge on any atom is -0.287 e. The second-order valence-corrected chi connectivity index (χ2v) is 5.66. The molecule has 0 bridgehead atoms. The average molecular weight is 373 g/mol. The maximum Gasteiger partial charge on any atom is 0.212 e. The molecule has 94 valence electrons. The van der Waals surface area contributed by atoms with Crippen LogP contribution in [0.1, 0.15) is 29.4 Å². The number of rotatable bonds is 4. The molecular weight excluding hydrogens is 362 g/mol. The number of halogens is 2. The third-order valence-corrected chi connectivity index (χ3v) is 3.33. The van der Waals surface area contributed by atoms with Crippen molar-refractivity contribution in [1.29, 1.82) is 0 Å². The number of carbonyl (C=O) groups excluding carboxylic acids is 1. The van der Waals surface area contributed by atoms with Crippen LogP contribution in [-0.2, 0) is 6.54 Å². The molecule has 6 heteroatoms. The summed E-state index contributed by atoms with van der Waals surface area (Å²) in [5.74, 6) is -0.0737. The lowest BCUT2D eigenvalue weighted by Crippen LogP contribution is -2.11. The predicted molar refractivity (Wildman–Crippen MR) is 75.6 cm³/mol. The fourth-order valence-electron chi connectivity index (χ4n) is 1.64. The Labute approximate surface area is 122 Å². The van der Waals surface area contributed by atoms with Crippen molar-refractivity contribution in [2.24, 2.45) is 0 Å². The van der Waals surface area contributed by atoms with Crippen molar-refractivity contribution >= 4 is 37.6 Å². The van der Waals surface area contributed by atoms with Gasteiger partial charge in [-0.1, -0.05) is 44.0 Å². The summed E-state index contributed by atoms with van der Waals surface area (Å²) < 4.78 is 3.35. The molecule has 0 atom stereocenters. The predicted octanol–water partition coefficient (Wildman–Crippen LogP) is 3.44. The van der Waals surface area contributed by atoms with Gasteiger partial charge in [-0.2, -0.15) is 0 Å². The van der Waals surface area contributed by atoms with E-state index in [2.05, 4.69) is 42.2 Å². The van der Waals surface area contributed by atoms with Crippen LogP contribution in [0.3, 0.4) is 0 Å². The molecule has 1 heterocycles. The Balaban J connectivity index is 2.38. The molecule has 18 heavy (non-hydrogen) atoms. The molecule has 0 aliphatic rings. The quantitative estimate of drug-likeness (QED) is 0.772. The Morgan fingerprint density at radius 1 is 1.28 bits per heavy atom. The molecular formula is C12H11Br2N3O. The molecule has 4 nitrogen and oxygen atoms in total. The first-order valence-corrected chi connectivity index (χ1v) is 7.09. The largest absolute Gasteiger partial charge is 0.287 e. The summed E-state index contributed by atoms with van der Waals surface area (Å²) in [5, 5.41) is 7.72. The first-order chi connectivity index (χ1) is 8.61. The smallest absolute Gasteiger partial charge is 0.212 e. The van der Waals surface area contributed by atoms with Crippen molar-refractivity contribution in [2.75, 3.05) is 0 Å². The highest BCUT2D eigenvalue weighted by atomic mass is 79.9. The number of hydrogen-bond donors (Lipinski definition) is 0. The van der Waals surface area contributed by atoms with E-state index >= 15 is 0 Å². The molecule has 0 aliphatic heterocycles. The zero-order valence-electron chi connectivity index (χ0n) is 9.73. The summed E-state index contributed by atoms with van der Waals surface area (Å²) in [6, 6.07) is 5.46. The Kier molecular flexibility index (Phi) is 4.29. The normalized spacial score (nSPS) is 10.6. The van der Waals surface area contributed by atoms with Gasteiger partial charge in [-0.05, 0) is 24.6 Å². The van der Waals surface area contributed by atoms with Gasteiger partial charge >= 0.3 is 0 Å². The number of carbonyl (C=O) groups is 1. The highest BCUT2D eigenvalue weighted by Gasteiger charge is 2.15. The first kappa shape index (κ1) is 13.4. The monoisotopic (exact) mass is 371 g/mol. The number of ketones is 1. The van der Waals surface area contributed by atoms with Crippen LogP contribution in [0.5, 0.6) is 0 Å². The van der Waals surface area contributed by atoms with E-state index < -0.39 is 0 Å². The van der Waals surface area contributed by atoms with Crippen LogP contribution in [0.15, 0.2) is 33.3 Å². The summed E-state index contributed by atoms with van der Waals surface area (Å²) in [5.41, 5.74) is 1.12. The van der Waals surface area contributed by atoms with Crippen LogP contribution in [0, 0.1) is 0 Å². The topological polar surface area (TPSA) is 47.8 Å². The van der Waals surface area contributed by atoms with E-state index in [0.29, 0.717) is 17.8 Å². The average Bonchev–Trinajstić information content (AvgIpc) is 2.75. The second kappa shape index (κ2) is 5.75. The van der Waals surface area contributed by atoms with Gasteiger partial charge in [0.25, 0.3) is 0 Å². The zero-order valence-corrected chi connectivity index (χ0v) is 12.9. The SMILES string of the molecule is CCCn1nncc1C(=O)c1cc(Br)cc(Br)c1. The van der Waals surface area contributed by atoms with Crippen LogP contribution in [0.25, 0.3) is 0 Å². The van der Waals surface area contributed by atoms with Crippen molar-refractivity contribution in [3.63, 3.8) is 0 Å². The van der Waals surface area contributed by atoms with Crippen molar-refractivity contribution < 1.29 is 4.79 Å². The Hall–Kier alpha value is -1.01. The molecule has 0 saturated heterocycles. The first-order valence-electron chi connectivity index (χ1n) is 5.51. The Morgan fingerprint density at radius 3 is 2.56 bits per heavy atom. The number of hydrogen-bond acceptors (Lipinski definition) is 3. The summed E-state index contributed by atoms with van der Waals surface area (Å²) in [4.78, 5) is 12.4. The molecule has 0 fully saturated rings. The maximum absolute atomic E-state index is 12.4. The highest BCUT2D eigenvalue weighted by molar-refractivity contribution is 9.11. The Morgan fingerprint density at radius 2 is 1.94 bits per heavy atom. The molecule has 0 radical (unpaired) electrons. The fraction of sp³-hybridized carbons (Fsp3) is 0.250. The van der Waals surface area contributed by atoms with E-state index in [4.69, 9.17) is 0 Å². The van der Waals surface area contributed by atoms with E-state index in [1.807, 2.05) is 13.0 Å². The standard InChI is InChI=1S/C12H11Br2N3O/c1-2-3-17-11(7-15-16-17)12(18)8-4-9(13)6-10(14)5-8/h4-7H,2-3H2,1H3. The van der Waals surface area contributed by atoms with Gasteiger partial charge in [-0.3, -0.25) is 4.79 Å². The highest BCUT2D eigenvalue weighted by Crippen LogP contribution is 2.21. The van der Waals surface area contributed by atoms with Crippen molar-refractivity contribution in [3.05, 3.63) is 44.6 Å². The zero-order chi connectivity index (χ0) is 13.1. The summed E-state index contributed by atoms with van der Waals surface area (Å²) in [7, 11) is 0. The number of aryl methyl sites for hydroxylation is 1. The van der Waals surface area contributed by atoms with Crippen LogP contribution < -0.4 is 0 Å². The van der Waals surface area contributed by atoms with Crippen LogP contribution in [-0.4, -0.2) is 20.8 Å². The molecule has 0 unspecified atom stereocenters. The molecule has 2 aromatic rings. The molecule has 0 N–H and O–H groups in total. The van der Waals surface area contributed by atoms with Crippen LogP contribution in [0.4, 0.5) is 0 Å². The summed E-state index contributed by atoms with van der Waals surface area (Å²) in [6.07, 6.45) is 2.42. The molecule has 1 aromatic heterocycles. The number of benzene rings is 1. The third-order valence-electron chi connectivity index (χ3n) is 2.41. The van der Waals surface area contributed by atoms with Gasteiger partial charge in [0, 0.05) is 21.1 Å². The van der Waals surface area contributed by atoms with Gasteiger partial charge in [-0.25, -0.2) is 4.68 Å². The van der Waals surface area contributed by atoms with E-state index in [-0.39, 0.29) is 5.78 Å². The molecule has 0 spiro atoms. The van der Waals surface area contributed by atoms with E-state index in [9.17, 15) is 4.79 Å². The van der Waals surface area contributed by atoms with Gasteiger partial charge in [0.15, 0.2) is 0 Å². The van der Waals surface area contributed by atoms with Gasteiger partial charge in [0.05, 0.1) is 6.20 Å². The minimum atomic E-state index is -0.0737. The van der Waals surface area contributed by atoms with E-state index in [1.165, 1.54) is 6.20 Å². The second-order valence-electron chi connectivity index (χ2n) is 3.83. The van der Waals surface area contributed by atoms with Gasteiger partial charge in [0.1, 0.15) is 5.69 Å². The lowest BCUT2D eigenvalue weighted by Gasteiger charge is -2.05. The molecule has 1 aromatic carbocycles. The number of aromatic nitrogens is 3. The van der Waals surface area contributed by atoms with Gasteiger partial charge in [0.2, 0.25) is 5.78 Å². The maximum atomic E-state index is 12.4. The number of nitrogens with zero attached hydrogens (tertiary/aromatic N) is 3. The van der Waals surface area contributed by atoms with Crippen molar-refractivity contribution in [3.8, 4) is 0 Å². The van der Waals surface area contributed by atoms with Crippen molar-refractivity contribution in [1.82, 2.24) is 15.0 Å². The van der Waals surface area contributed by atoms with Gasteiger partial charge in [-0.15, -0.1) is 5.10 Å². The molecule has 0 saturated carbocycles. The lowest BCUT2D eigenvalue weighted by atomic mass is 10.1. The fourth-order valence-corrected chi connectivity index (χ4v) is 2.94. The summed E-state index contributed by atoms with van der Waals surface area (Å²) >= 11 is 6.75. The molecule has 0 amide bonds. The van der Waals surface area contributed by atoms with Crippen molar-refractivity contribution in [2.45, 2.75) is 19.9 Å². The van der Waals surface area contributed by atoms with E-state index in [1.54, 1.807) is 16.8 Å². The van der Waals surface area contributed by atoms with Crippen LogP contribution >= 0.6 is 31.9 Å². The Bertz CT molecular complexity index is 560. The van der Waals surface area contributed by atoms with Crippen LogP contribution in [0.2, 0.25) is 0 Å². The van der Waals surface area contributed by atoms with Gasteiger partial charge < -0.3 is 0 Å². The molecule has 2 rings (SSSR count). The lowest BCUT2D eigenvalue weighted by molar-refractivity contribution is 0.102. The van der Waals surface area contributed by atoms with E-state index in [0.717, 1.165) is 15.4 Å².